The van der Waals surface area contributed by atoms with Crippen LogP contribution in [0.15, 0.2) is 30.3 Å². The first-order valence-electron chi connectivity index (χ1n) is 6.42. The molecule has 2 fully saturated rings. The van der Waals surface area contributed by atoms with Crippen molar-refractivity contribution in [2.24, 2.45) is 11.8 Å². The van der Waals surface area contributed by atoms with E-state index in [1.807, 2.05) is 35.2 Å². The molecule has 1 amide bonds. The largest absolute Gasteiger partial charge is 0.315 e. The van der Waals surface area contributed by atoms with Gasteiger partial charge in [-0.05, 0) is 30.9 Å². The number of nitrogens with one attached hydrogen (secondary N) is 1. The van der Waals surface area contributed by atoms with E-state index in [9.17, 15) is 4.79 Å². The van der Waals surface area contributed by atoms with Gasteiger partial charge >= 0.3 is 0 Å². The number of hydrogen-bond donors (Lipinski definition) is 1. The molecule has 1 saturated carbocycles. The number of rotatable bonds is 4. The highest BCUT2D eigenvalue weighted by Gasteiger charge is 2.33. The summed E-state index contributed by atoms with van der Waals surface area (Å²) < 4.78 is 0. The fourth-order valence-electron chi connectivity index (χ4n) is 2.17. The third-order valence-electron chi connectivity index (χ3n) is 3.60. The summed E-state index contributed by atoms with van der Waals surface area (Å²) in [7, 11) is 0. The average molecular weight is 230 g/mol. The van der Waals surface area contributed by atoms with Crippen LogP contribution in [0.4, 0.5) is 5.69 Å². The fraction of sp³-hybridized carbons (Fsp3) is 0.500. The average Bonchev–Trinajstić information content (AvgIpc) is 3.08. The van der Waals surface area contributed by atoms with E-state index in [1.54, 1.807) is 0 Å². The summed E-state index contributed by atoms with van der Waals surface area (Å²) in [4.78, 5) is 14.4. The Balaban J connectivity index is 1.77. The molecular weight excluding hydrogens is 212 g/mol. The summed E-state index contributed by atoms with van der Waals surface area (Å²) in [6, 6.07) is 10.1. The summed E-state index contributed by atoms with van der Waals surface area (Å²) in [5, 5.41) is 3.17. The molecule has 1 aromatic rings. The quantitative estimate of drug-likeness (QED) is 0.853. The minimum atomic E-state index is 0.189. The fourth-order valence-corrected chi connectivity index (χ4v) is 2.17. The molecule has 3 rings (SSSR count). The van der Waals surface area contributed by atoms with Crippen molar-refractivity contribution in [3.63, 3.8) is 0 Å². The van der Waals surface area contributed by atoms with Gasteiger partial charge in [-0.15, -0.1) is 0 Å². The molecule has 1 aliphatic carbocycles. The van der Waals surface area contributed by atoms with E-state index < -0.39 is 0 Å². The Hall–Kier alpha value is -1.35. The van der Waals surface area contributed by atoms with Crippen molar-refractivity contribution in [1.29, 1.82) is 0 Å². The number of nitrogens with zero attached hydrogens (tertiary/aromatic N) is 1. The highest BCUT2D eigenvalue weighted by molar-refractivity contribution is 5.95. The maximum Gasteiger partial charge on any atom is 0.232 e. The first kappa shape index (κ1) is 10.8. The van der Waals surface area contributed by atoms with Gasteiger partial charge in [-0.3, -0.25) is 4.79 Å². The molecule has 90 valence electrons. The molecule has 1 aliphatic heterocycles. The van der Waals surface area contributed by atoms with Crippen molar-refractivity contribution < 1.29 is 4.79 Å². The van der Waals surface area contributed by atoms with Crippen molar-refractivity contribution in [3.8, 4) is 0 Å². The Kier molecular flexibility index (Phi) is 2.85. The maximum absolute atomic E-state index is 12.4. The van der Waals surface area contributed by atoms with E-state index in [0.717, 1.165) is 31.2 Å². The van der Waals surface area contributed by atoms with Gasteiger partial charge in [0.1, 0.15) is 0 Å². The molecule has 0 radical (unpaired) electrons. The van der Waals surface area contributed by atoms with E-state index in [2.05, 4.69) is 5.32 Å². The number of carbonyl (C=O) groups is 1. The van der Waals surface area contributed by atoms with Crippen LogP contribution in [-0.2, 0) is 4.79 Å². The second-order valence-electron chi connectivity index (χ2n) is 5.08. The van der Waals surface area contributed by atoms with E-state index in [1.165, 1.54) is 12.8 Å². The number of carbonyl (C=O) groups excluding carboxylic acids is 1. The summed E-state index contributed by atoms with van der Waals surface area (Å²) >= 11 is 0. The highest BCUT2D eigenvalue weighted by atomic mass is 16.2. The Morgan fingerprint density at radius 1 is 1.24 bits per heavy atom. The summed E-state index contributed by atoms with van der Waals surface area (Å²) in [5.74, 6) is 1.21. The Morgan fingerprint density at radius 2 is 1.94 bits per heavy atom. The van der Waals surface area contributed by atoms with Crippen molar-refractivity contribution >= 4 is 11.6 Å². The zero-order valence-corrected chi connectivity index (χ0v) is 9.93. The zero-order chi connectivity index (χ0) is 11.7. The second-order valence-corrected chi connectivity index (χ2v) is 5.08. The van der Waals surface area contributed by atoms with Gasteiger partial charge in [-0.25, -0.2) is 0 Å². The third kappa shape index (κ3) is 2.34. The lowest BCUT2D eigenvalue weighted by atomic mass is 10.0. The highest BCUT2D eigenvalue weighted by Crippen LogP contribution is 2.32. The van der Waals surface area contributed by atoms with Crippen LogP contribution >= 0.6 is 0 Å². The lowest BCUT2D eigenvalue weighted by molar-refractivity contribution is -0.123. The van der Waals surface area contributed by atoms with E-state index >= 15 is 0 Å². The van der Waals surface area contributed by atoms with Crippen LogP contribution < -0.4 is 10.2 Å². The van der Waals surface area contributed by atoms with Gasteiger partial charge in [-0.2, -0.15) is 0 Å². The Labute approximate surface area is 102 Å². The number of benzene rings is 1. The van der Waals surface area contributed by atoms with Crippen LogP contribution in [0.5, 0.6) is 0 Å². The van der Waals surface area contributed by atoms with Crippen molar-refractivity contribution in [1.82, 2.24) is 5.32 Å². The number of amides is 1. The Morgan fingerprint density at radius 3 is 2.47 bits per heavy atom. The molecule has 0 spiro atoms. The first-order chi connectivity index (χ1) is 8.34. The molecule has 0 bridgehead atoms. The molecule has 1 saturated heterocycles. The summed E-state index contributed by atoms with van der Waals surface area (Å²) in [5.41, 5.74) is 1.05. The monoisotopic (exact) mass is 230 g/mol. The normalized spacial score (nSPS) is 19.8. The molecule has 0 unspecified atom stereocenters. The van der Waals surface area contributed by atoms with Crippen molar-refractivity contribution in [2.45, 2.75) is 12.8 Å². The van der Waals surface area contributed by atoms with E-state index in [0.29, 0.717) is 5.91 Å². The van der Waals surface area contributed by atoms with Gasteiger partial charge in [0, 0.05) is 25.3 Å². The van der Waals surface area contributed by atoms with Crippen molar-refractivity contribution in [2.75, 3.05) is 24.5 Å². The van der Waals surface area contributed by atoms with E-state index in [-0.39, 0.29) is 5.92 Å². The van der Waals surface area contributed by atoms with Gasteiger partial charge in [0.25, 0.3) is 0 Å². The van der Waals surface area contributed by atoms with Gasteiger partial charge < -0.3 is 10.2 Å². The smallest absolute Gasteiger partial charge is 0.232 e. The molecule has 0 atom stereocenters. The van der Waals surface area contributed by atoms with Crippen LogP contribution in [0.2, 0.25) is 0 Å². The van der Waals surface area contributed by atoms with Crippen LogP contribution in [0.3, 0.4) is 0 Å². The molecule has 1 aromatic carbocycles. The van der Waals surface area contributed by atoms with Crippen LogP contribution in [0.25, 0.3) is 0 Å². The summed E-state index contributed by atoms with van der Waals surface area (Å²) in [6.07, 6.45) is 2.55. The maximum atomic E-state index is 12.4. The third-order valence-corrected chi connectivity index (χ3v) is 3.60. The second kappa shape index (κ2) is 4.49. The molecule has 1 heterocycles. The number of hydrogen-bond acceptors (Lipinski definition) is 2. The zero-order valence-electron chi connectivity index (χ0n) is 9.93. The predicted octanol–water partition coefficient (Wildman–Crippen LogP) is 1.65. The van der Waals surface area contributed by atoms with Crippen LogP contribution in [0.1, 0.15) is 12.8 Å². The lowest BCUT2D eigenvalue weighted by Crippen LogP contribution is -2.52. The first-order valence-corrected chi connectivity index (χ1v) is 6.42. The van der Waals surface area contributed by atoms with Crippen LogP contribution in [0, 0.1) is 11.8 Å². The van der Waals surface area contributed by atoms with Gasteiger partial charge in [-0.1, -0.05) is 18.2 Å². The van der Waals surface area contributed by atoms with Gasteiger partial charge in [0.2, 0.25) is 5.91 Å². The molecule has 3 heteroatoms. The number of para-hydroxylation sites is 1. The molecular formula is C14H18N2O. The lowest BCUT2D eigenvalue weighted by Gasteiger charge is -2.32. The Bertz CT molecular complexity index is 396. The van der Waals surface area contributed by atoms with Crippen LogP contribution in [-0.4, -0.2) is 25.5 Å². The van der Waals surface area contributed by atoms with Gasteiger partial charge in [0.15, 0.2) is 0 Å². The predicted molar refractivity (Wildman–Crippen MR) is 67.9 cm³/mol. The number of anilines is 1. The SMILES string of the molecule is O=C(C1CNC1)N(CC1CC1)c1ccccc1. The minimum absolute atomic E-state index is 0.189. The molecule has 2 aliphatic rings. The minimum Gasteiger partial charge on any atom is -0.315 e. The van der Waals surface area contributed by atoms with Gasteiger partial charge in [0.05, 0.1) is 5.92 Å². The van der Waals surface area contributed by atoms with Crippen molar-refractivity contribution in [3.05, 3.63) is 30.3 Å². The molecule has 3 nitrogen and oxygen atoms in total. The molecule has 0 aromatic heterocycles. The molecule has 1 N–H and O–H groups in total. The topological polar surface area (TPSA) is 32.3 Å². The van der Waals surface area contributed by atoms with E-state index in [4.69, 9.17) is 0 Å². The molecule has 17 heavy (non-hydrogen) atoms. The summed E-state index contributed by atoms with van der Waals surface area (Å²) in [6.45, 7) is 2.58. The standard InChI is InChI=1S/C14H18N2O/c17-14(12-8-15-9-12)16(10-11-6-7-11)13-4-2-1-3-5-13/h1-5,11-12,15H,6-10H2.